The van der Waals surface area contributed by atoms with Crippen LogP contribution in [0.3, 0.4) is 0 Å². The van der Waals surface area contributed by atoms with E-state index in [1.807, 2.05) is 42.9 Å². The van der Waals surface area contributed by atoms with Crippen molar-refractivity contribution >= 4 is 0 Å². The molecule has 1 aliphatic rings. The lowest BCUT2D eigenvalue weighted by Gasteiger charge is -2.17. The fraction of sp³-hybridized carbons (Fsp3) is 0.348. The fourth-order valence-corrected chi connectivity index (χ4v) is 3.91. The van der Waals surface area contributed by atoms with Crippen LogP contribution in [0.25, 0.3) is 0 Å². The van der Waals surface area contributed by atoms with Crippen molar-refractivity contribution in [1.82, 2.24) is 14.9 Å². The summed E-state index contributed by atoms with van der Waals surface area (Å²) < 4.78 is 8.01. The number of aromatic nitrogens is 2. The summed E-state index contributed by atoms with van der Waals surface area (Å²) in [6.45, 7) is 2.20. The maximum absolute atomic E-state index is 10.4. The van der Waals surface area contributed by atoms with E-state index in [-0.39, 0.29) is 12.1 Å². The monoisotopic (exact) mass is 377 g/mol. The van der Waals surface area contributed by atoms with Crippen LogP contribution in [0.2, 0.25) is 0 Å². The second-order valence-corrected chi connectivity index (χ2v) is 7.57. The number of benzene rings is 2. The van der Waals surface area contributed by atoms with Gasteiger partial charge in [-0.05, 0) is 42.0 Å². The van der Waals surface area contributed by atoms with E-state index in [1.54, 1.807) is 6.20 Å². The molecule has 1 unspecified atom stereocenters. The van der Waals surface area contributed by atoms with Gasteiger partial charge in [-0.3, -0.25) is 0 Å². The predicted molar refractivity (Wildman–Crippen MR) is 109 cm³/mol. The first-order valence-corrected chi connectivity index (χ1v) is 9.89. The van der Waals surface area contributed by atoms with E-state index in [1.165, 1.54) is 0 Å². The minimum atomic E-state index is -0.300. The molecule has 1 aliphatic carbocycles. The zero-order valence-electron chi connectivity index (χ0n) is 15.9. The van der Waals surface area contributed by atoms with Crippen molar-refractivity contribution in [3.05, 3.63) is 84.4 Å². The predicted octanol–water partition coefficient (Wildman–Crippen LogP) is 3.39. The van der Waals surface area contributed by atoms with E-state index in [2.05, 4.69) is 39.1 Å². The summed E-state index contributed by atoms with van der Waals surface area (Å²) in [6, 6.07) is 18.5. The van der Waals surface area contributed by atoms with E-state index >= 15 is 0 Å². The van der Waals surface area contributed by atoms with Crippen LogP contribution in [0.1, 0.15) is 24.0 Å². The van der Waals surface area contributed by atoms with Crippen molar-refractivity contribution in [1.29, 1.82) is 0 Å². The van der Waals surface area contributed by atoms with Crippen LogP contribution in [0, 0.1) is 5.92 Å². The van der Waals surface area contributed by atoms with Gasteiger partial charge in [-0.15, -0.1) is 0 Å². The van der Waals surface area contributed by atoms with Gasteiger partial charge in [0.25, 0.3) is 0 Å². The van der Waals surface area contributed by atoms with E-state index in [4.69, 9.17) is 4.74 Å². The molecule has 1 aromatic heterocycles. The lowest BCUT2D eigenvalue weighted by molar-refractivity contribution is 0.145. The number of imidazole rings is 1. The normalized spacial score (nSPS) is 21.7. The van der Waals surface area contributed by atoms with Crippen LogP contribution in [-0.2, 0) is 19.7 Å². The first-order chi connectivity index (χ1) is 13.8. The van der Waals surface area contributed by atoms with Gasteiger partial charge in [0.15, 0.2) is 0 Å². The third-order valence-corrected chi connectivity index (χ3v) is 5.37. The molecule has 0 spiro atoms. The van der Waals surface area contributed by atoms with E-state index in [9.17, 15) is 5.11 Å². The number of hydrogen-bond acceptors (Lipinski definition) is 4. The number of ether oxygens (including phenoxy) is 1. The van der Waals surface area contributed by atoms with Gasteiger partial charge < -0.3 is 19.7 Å². The highest BCUT2D eigenvalue weighted by atomic mass is 16.5. The van der Waals surface area contributed by atoms with E-state index in [0.29, 0.717) is 12.5 Å². The van der Waals surface area contributed by atoms with Crippen molar-refractivity contribution in [3.63, 3.8) is 0 Å². The molecule has 0 amide bonds. The lowest BCUT2D eigenvalue weighted by atomic mass is 10.1. The van der Waals surface area contributed by atoms with Crippen LogP contribution in [-0.4, -0.2) is 26.8 Å². The van der Waals surface area contributed by atoms with Gasteiger partial charge in [-0.2, -0.15) is 0 Å². The van der Waals surface area contributed by atoms with Gasteiger partial charge in [0.05, 0.1) is 12.4 Å². The molecule has 1 fully saturated rings. The Labute approximate surface area is 166 Å². The molecule has 2 N–H and O–H groups in total. The van der Waals surface area contributed by atoms with Gasteiger partial charge >= 0.3 is 0 Å². The molecule has 0 saturated heterocycles. The van der Waals surface area contributed by atoms with Gasteiger partial charge in [0.2, 0.25) is 0 Å². The number of rotatable bonds is 8. The molecule has 28 heavy (non-hydrogen) atoms. The first-order valence-electron chi connectivity index (χ1n) is 9.89. The van der Waals surface area contributed by atoms with Gasteiger partial charge in [0, 0.05) is 31.5 Å². The van der Waals surface area contributed by atoms with Crippen LogP contribution >= 0.6 is 0 Å². The summed E-state index contributed by atoms with van der Waals surface area (Å²) in [5.41, 5.74) is 2.32. The Morgan fingerprint density at radius 3 is 2.75 bits per heavy atom. The van der Waals surface area contributed by atoms with Crippen LogP contribution in [0.4, 0.5) is 0 Å². The van der Waals surface area contributed by atoms with Crippen LogP contribution < -0.4 is 10.1 Å². The first kappa shape index (κ1) is 18.7. The Morgan fingerprint density at radius 2 is 1.93 bits per heavy atom. The summed E-state index contributed by atoms with van der Waals surface area (Å²) in [7, 11) is 0. The Kier molecular flexibility index (Phi) is 6.04. The van der Waals surface area contributed by atoms with Crippen molar-refractivity contribution in [3.8, 4) is 5.75 Å². The summed E-state index contributed by atoms with van der Waals surface area (Å²) in [5.74, 6) is 1.34. The molecule has 0 bridgehead atoms. The molecular formula is C23H27N3O2. The molecule has 3 atom stereocenters. The topological polar surface area (TPSA) is 59.3 Å². The summed E-state index contributed by atoms with van der Waals surface area (Å²) >= 11 is 0. The van der Waals surface area contributed by atoms with Crippen LogP contribution in [0.5, 0.6) is 5.75 Å². The maximum atomic E-state index is 10.4. The zero-order valence-corrected chi connectivity index (χ0v) is 15.9. The fourth-order valence-electron chi connectivity index (χ4n) is 3.91. The second-order valence-electron chi connectivity index (χ2n) is 7.57. The molecule has 3 aromatic rings. The molecule has 0 radical (unpaired) electrons. The summed E-state index contributed by atoms with van der Waals surface area (Å²) in [4.78, 5) is 4.09. The van der Waals surface area contributed by atoms with Crippen molar-refractivity contribution in [2.75, 3.05) is 0 Å². The lowest BCUT2D eigenvalue weighted by Crippen LogP contribution is -2.35. The Hall–Kier alpha value is -2.63. The van der Waals surface area contributed by atoms with Crippen molar-refractivity contribution < 1.29 is 9.84 Å². The SMILES string of the molecule is O[C@@H]1CC(Cn2ccnc2)C[C@H]1NCc1cccc(OCc2ccccc2)c1. The van der Waals surface area contributed by atoms with E-state index < -0.39 is 0 Å². The van der Waals surface area contributed by atoms with Gasteiger partial charge in [0.1, 0.15) is 12.4 Å². The molecule has 5 nitrogen and oxygen atoms in total. The van der Waals surface area contributed by atoms with Crippen LogP contribution in [0.15, 0.2) is 73.3 Å². The largest absolute Gasteiger partial charge is 0.489 e. The smallest absolute Gasteiger partial charge is 0.120 e. The molecule has 1 saturated carbocycles. The average Bonchev–Trinajstić information content (AvgIpc) is 3.35. The number of nitrogens with one attached hydrogen (secondary N) is 1. The van der Waals surface area contributed by atoms with Gasteiger partial charge in [-0.1, -0.05) is 42.5 Å². The molecule has 4 rings (SSSR count). The van der Waals surface area contributed by atoms with Crippen molar-refractivity contribution in [2.24, 2.45) is 5.92 Å². The highest BCUT2D eigenvalue weighted by Gasteiger charge is 2.32. The zero-order chi connectivity index (χ0) is 19.2. The third-order valence-electron chi connectivity index (χ3n) is 5.37. The molecule has 1 heterocycles. The summed E-state index contributed by atoms with van der Waals surface area (Å²) in [6.07, 6.45) is 7.13. The standard InChI is InChI=1S/C23H27N3O2/c27-23-13-20(15-26-10-9-24-17-26)12-22(23)25-14-19-7-4-8-21(11-19)28-16-18-5-2-1-3-6-18/h1-11,17,20,22-23,25,27H,12-16H2/t20?,22-,23-/m1/s1. The molecule has 5 heteroatoms. The minimum absolute atomic E-state index is 0.127. The molecular weight excluding hydrogens is 350 g/mol. The number of aliphatic hydroxyl groups is 1. The van der Waals surface area contributed by atoms with E-state index in [0.717, 1.165) is 42.8 Å². The Balaban J connectivity index is 1.27. The number of aliphatic hydroxyl groups excluding tert-OH is 1. The molecule has 0 aliphatic heterocycles. The van der Waals surface area contributed by atoms with Crippen molar-refractivity contribution in [2.45, 2.75) is 44.7 Å². The third kappa shape index (κ3) is 5.00. The van der Waals surface area contributed by atoms with Gasteiger partial charge in [-0.25, -0.2) is 4.98 Å². The Bertz CT molecular complexity index is 851. The quantitative estimate of drug-likeness (QED) is 0.632. The number of hydrogen-bond donors (Lipinski definition) is 2. The second kappa shape index (κ2) is 9.04. The highest BCUT2D eigenvalue weighted by Crippen LogP contribution is 2.28. The average molecular weight is 377 g/mol. The minimum Gasteiger partial charge on any atom is -0.489 e. The maximum Gasteiger partial charge on any atom is 0.120 e. The molecule has 146 valence electrons. The Morgan fingerprint density at radius 1 is 1.07 bits per heavy atom. The highest BCUT2D eigenvalue weighted by molar-refractivity contribution is 5.29. The summed E-state index contributed by atoms with van der Waals surface area (Å²) in [5, 5.41) is 13.9. The number of nitrogens with zero attached hydrogens (tertiary/aromatic N) is 2. The molecule has 2 aromatic carbocycles.